The van der Waals surface area contributed by atoms with Crippen LogP contribution in [0.25, 0.3) is 59.4 Å². The molecule has 0 saturated carbocycles. The first-order valence-electron chi connectivity index (χ1n) is 29.8. The Hall–Kier alpha value is -6.42. The number of hydrogen-bond acceptors (Lipinski definition) is 10. The Kier molecular flexibility index (Phi) is 25.8. The van der Waals surface area contributed by atoms with E-state index in [4.69, 9.17) is 27.8 Å². The van der Waals surface area contributed by atoms with Gasteiger partial charge in [-0.25, -0.2) is 0 Å². The summed E-state index contributed by atoms with van der Waals surface area (Å²) in [6.45, 7) is 25.1. The van der Waals surface area contributed by atoms with Gasteiger partial charge >= 0.3 is 0 Å². The summed E-state index contributed by atoms with van der Waals surface area (Å²) in [5.74, 6) is 7.22. The number of benzene rings is 4. The van der Waals surface area contributed by atoms with Crippen LogP contribution in [-0.4, -0.2) is 46.8 Å². The minimum atomic E-state index is 0.324. The highest BCUT2D eigenvalue weighted by atomic mass is 16.5. The molecule has 2 heterocycles. The number of aryl methyl sites for hydroxylation is 2. The molecule has 0 unspecified atom stereocenters. The standard InChI is InChI=1S/C68H92N4O6/c1-11-19-23-51(15-5)45-73-61-43-59(63(41-49(61)9)75-47-53(17-7)25-21-13-3)37-31-55-27-33-57(34-28-55)67-71-69-65(77-67)39-40-66-70-72-68(78-66)58-35-29-56(30-36-58)32-38-60-44-62(74-46-52(16-6)24-20-12-2)50(10)42-64(60)76-48-54(18-8)26-22-14-4/h27-44,51-54H,11-26,45-48H2,1-10H3/b37-31+,38-32+,40-39+/t51-,52+,53-,54+. The van der Waals surface area contributed by atoms with Crippen LogP contribution in [-0.2, 0) is 0 Å². The molecule has 0 aliphatic rings. The van der Waals surface area contributed by atoms with Gasteiger partial charge in [-0.2, -0.15) is 0 Å². The second-order valence-electron chi connectivity index (χ2n) is 21.4. The van der Waals surface area contributed by atoms with Crippen molar-refractivity contribution >= 4 is 36.5 Å². The van der Waals surface area contributed by atoms with E-state index in [1.54, 1.807) is 12.2 Å². The van der Waals surface area contributed by atoms with Crippen LogP contribution in [0.15, 0.2) is 81.6 Å². The SMILES string of the molecule is CCCC[C@@H](CC)COc1cc(/C=C/c2ccc(-c3nnc(/C=C/c4nnc(-c5ccc(/C=C/c6cc(OC[C@@H](CC)CCCC)c(C)cc6OC[C@@H](CC)CCCC)cc5)o4)o3)cc2)c(OC[C@H](CC)CCCC)cc1C. The Bertz CT molecular complexity index is 2560. The van der Waals surface area contributed by atoms with E-state index < -0.39 is 0 Å². The third-order valence-electron chi connectivity index (χ3n) is 15.2. The molecular weight excluding hydrogens is 969 g/mol. The van der Waals surface area contributed by atoms with E-state index in [9.17, 15) is 0 Å². The van der Waals surface area contributed by atoms with Crippen LogP contribution in [0, 0.1) is 37.5 Å². The van der Waals surface area contributed by atoms with Crippen LogP contribution in [0.4, 0.5) is 0 Å². The van der Waals surface area contributed by atoms with Crippen molar-refractivity contribution in [1.29, 1.82) is 0 Å². The van der Waals surface area contributed by atoms with Gasteiger partial charge in [-0.05, 0) is 134 Å². The molecule has 0 N–H and O–H groups in total. The molecule has 6 aromatic rings. The molecule has 2 aromatic heterocycles. The lowest BCUT2D eigenvalue weighted by molar-refractivity contribution is 0.226. The van der Waals surface area contributed by atoms with Gasteiger partial charge in [-0.1, -0.05) is 181 Å². The van der Waals surface area contributed by atoms with Crippen molar-refractivity contribution in [3.05, 3.63) is 118 Å². The maximum Gasteiger partial charge on any atom is 0.248 e. The topological polar surface area (TPSA) is 115 Å². The molecule has 0 fully saturated rings. The smallest absolute Gasteiger partial charge is 0.248 e. The Balaban J connectivity index is 1.10. The molecule has 6 rings (SSSR count). The lowest BCUT2D eigenvalue weighted by Crippen LogP contribution is -2.13. The monoisotopic (exact) mass is 1060 g/mol. The summed E-state index contributed by atoms with van der Waals surface area (Å²) in [6.07, 6.45) is 30.7. The van der Waals surface area contributed by atoms with E-state index in [-0.39, 0.29) is 0 Å². The van der Waals surface area contributed by atoms with E-state index in [1.807, 2.05) is 48.5 Å². The molecule has 420 valence electrons. The molecule has 10 heteroatoms. The van der Waals surface area contributed by atoms with E-state index >= 15 is 0 Å². The Morgan fingerprint density at radius 2 is 0.705 bits per heavy atom. The van der Waals surface area contributed by atoms with Crippen molar-refractivity contribution < 1.29 is 27.8 Å². The molecule has 4 atom stereocenters. The van der Waals surface area contributed by atoms with E-state index in [1.165, 1.54) is 77.0 Å². The molecule has 0 aliphatic heterocycles. The minimum absolute atomic E-state index is 0.324. The van der Waals surface area contributed by atoms with Crippen LogP contribution in [0.5, 0.6) is 23.0 Å². The van der Waals surface area contributed by atoms with Crippen LogP contribution in [0.2, 0.25) is 0 Å². The van der Waals surface area contributed by atoms with Gasteiger partial charge in [0, 0.05) is 34.4 Å². The Labute approximate surface area is 468 Å². The van der Waals surface area contributed by atoms with Gasteiger partial charge in [0.25, 0.3) is 0 Å². The molecule has 0 aliphatic carbocycles. The van der Waals surface area contributed by atoms with Gasteiger partial charge in [0.1, 0.15) is 23.0 Å². The first-order chi connectivity index (χ1) is 38.1. The van der Waals surface area contributed by atoms with Crippen LogP contribution in [0.1, 0.15) is 203 Å². The number of aromatic nitrogens is 4. The zero-order valence-electron chi connectivity index (χ0n) is 49.1. The van der Waals surface area contributed by atoms with Gasteiger partial charge in [0.15, 0.2) is 0 Å². The number of nitrogens with zero attached hydrogens (tertiary/aromatic N) is 4. The first kappa shape index (κ1) is 60.8. The summed E-state index contributed by atoms with van der Waals surface area (Å²) >= 11 is 0. The lowest BCUT2D eigenvalue weighted by atomic mass is 10.00. The second kappa shape index (κ2) is 33.1. The highest BCUT2D eigenvalue weighted by Gasteiger charge is 2.17. The lowest BCUT2D eigenvalue weighted by Gasteiger charge is -2.20. The summed E-state index contributed by atoms with van der Waals surface area (Å²) in [7, 11) is 0. The predicted molar refractivity (Wildman–Crippen MR) is 324 cm³/mol. The maximum atomic E-state index is 6.57. The second-order valence-corrected chi connectivity index (χ2v) is 21.4. The summed E-state index contributed by atoms with van der Waals surface area (Å²) in [5, 5.41) is 17.2. The maximum absolute atomic E-state index is 6.57. The molecule has 0 saturated heterocycles. The average molecular weight is 1060 g/mol. The fourth-order valence-electron chi connectivity index (χ4n) is 9.42. The molecule has 0 spiro atoms. The van der Waals surface area contributed by atoms with Gasteiger partial charge in [0.2, 0.25) is 23.6 Å². The predicted octanol–water partition coefficient (Wildman–Crippen LogP) is 19.3. The van der Waals surface area contributed by atoms with Crippen molar-refractivity contribution in [1.82, 2.24) is 20.4 Å². The first-order valence-corrected chi connectivity index (χ1v) is 29.8. The Morgan fingerprint density at radius 3 is 1.01 bits per heavy atom. The fraction of sp³-hybridized carbons (Fsp3) is 0.500. The molecule has 10 nitrogen and oxygen atoms in total. The van der Waals surface area contributed by atoms with Crippen molar-refractivity contribution in [2.45, 2.75) is 172 Å². The van der Waals surface area contributed by atoms with Gasteiger partial charge in [-0.15, -0.1) is 20.4 Å². The molecular formula is C68H92N4O6. The quantitative estimate of drug-likeness (QED) is 0.0352. The van der Waals surface area contributed by atoms with Gasteiger partial charge in [-0.3, -0.25) is 0 Å². The van der Waals surface area contributed by atoms with Crippen LogP contribution >= 0.6 is 0 Å². The minimum Gasteiger partial charge on any atom is -0.493 e. The number of ether oxygens (including phenoxy) is 4. The third-order valence-corrected chi connectivity index (χ3v) is 15.2. The van der Waals surface area contributed by atoms with E-state index in [2.05, 4.69) is 138 Å². The van der Waals surface area contributed by atoms with E-state index in [0.717, 1.165) is 106 Å². The van der Waals surface area contributed by atoms with Crippen molar-refractivity contribution in [3.63, 3.8) is 0 Å². The summed E-state index contributed by atoms with van der Waals surface area (Å²) in [4.78, 5) is 0. The normalized spacial score (nSPS) is 13.4. The zero-order chi connectivity index (χ0) is 55.5. The van der Waals surface area contributed by atoms with Crippen molar-refractivity contribution in [3.8, 4) is 45.9 Å². The molecule has 78 heavy (non-hydrogen) atoms. The zero-order valence-corrected chi connectivity index (χ0v) is 49.1. The highest BCUT2D eigenvalue weighted by Crippen LogP contribution is 2.34. The van der Waals surface area contributed by atoms with Crippen molar-refractivity contribution in [2.75, 3.05) is 26.4 Å². The molecule has 4 aromatic carbocycles. The van der Waals surface area contributed by atoms with Gasteiger partial charge in [0.05, 0.1) is 26.4 Å². The fourth-order valence-corrected chi connectivity index (χ4v) is 9.42. The number of hydrogen-bond donors (Lipinski definition) is 0. The number of rotatable bonds is 36. The van der Waals surface area contributed by atoms with Crippen molar-refractivity contribution in [2.24, 2.45) is 23.7 Å². The van der Waals surface area contributed by atoms with Crippen LogP contribution < -0.4 is 18.9 Å². The van der Waals surface area contributed by atoms with Crippen LogP contribution in [0.3, 0.4) is 0 Å². The van der Waals surface area contributed by atoms with Gasteiger partial charge < -0.3 is 27.8 Å². The largest absolute Gasteiger partial charge is 0.493 e. The third kappa shape index (κ3) is 19.2. The molecule has 0 bridgehead atoms. The summed E-state index contributed by atoms with van der Waals surface area (Å²) < 4.78 is 38.2. The Morgan fingerprint density at radius 1 is 0.385 bits per heavy atom. The van der Waals surface area contributed by atoms with E-state index in [0.29, 0.717) is 60.4 Å². The molecule has 0 radical (unpaired) electrons. The average Bonchev–Trinajstić information content (AvgIpc) is 4.17. The summed E-state index contributed by atoms with van der Waals surface area (Å²) in [6, 6.07) is 24.7. The summed E-state index contributed by atoms with van der Waals surface area (Å²) in [5.41, 5.74) is 7.88. The highest BCUT2D eigenvalue weighted by molar-refractivity contribution is 5.76. The molecule has 0 amide bonds. The number of unbranched alkanes of at least 4 members (excludes halogenated alkanes) is 4.